The molecule has 2 aromatic carbocycles. The normalized spacial score (nSPS) is 11.2. The van der Waals surface area contributed by atoms with Crippen molar-refractivity contribution in [1.29, 1.82) is 0 Å². The molecule has 0 aliphatic carbocycles. The van der Waals surface area contributed by atoms with Gasteiger partial charge in [-0.2, -0.15) is 0 Å². The fraction of sp³-hybridized carbons (Fsp3) is 0.250. The van der Waals surface area contributed by atoms with Crippen LogP contribution in [0.3, 0.4) is 0 Å². The summed E-state index contributed by atoms with van der Waals surface area (Å²) in [5, 5.41) is 12.4. The Morgan fingerprint density at radius 1 is 1.12 bits per heavy atom. The summed E-state index contributed by atoms with van der Waals surface area (Å²) in [5.74, 6) is 0.445. The maximum Gasteiger partial charge on any atom is 0.232 e. The van der Waals surface area contributed by atoms with Gasteiger partial charge in [-0.1, -0.05) is 34.5 Å². The number of nitrogens with one attached hydrogen (secondary N) is 1. The molecule has 1 aromatic heterocycles. The number of hydrogen-bond acceptors (Lipinski definition) is 7. The first-order valence-corrected chi connectivity index (χ1v) is 12.8. The van der Waals surface area contributed by atoms with E-state index in [9.17, 15) is 13.2 Å². The van der Waals surface area contributed by atoms with Crippen LogP contribution in [0, 0.1) is 0 Å². The number of ether oxygens (including phenoxy) is 1. The number of halogens is 2. The molecule has 0 saturated carbocycles. The molecule has 3 rings (SSSR count). The minimum Gasteiger partial charge on any atom is -0.497 e. The van der Waals surface area contributed by atoms with E-state index in [1.165, 1.54) is 27.8 Å². The van der Waals surface area contributed by atoms with E-state index in [0.717, 1.165) is 17.6 Å². The lowest BCUT2D eigenvalue weighted by Gasteiger charge is -2.22. The van der Waals surface area contributed by atoms with Crippen LogP contribution in [0.1, 0.15) is 12.8 Å². The number of hydrogen-bond donors (Lipinski definition) is 1. The Hall–Kier alpha value is -2.40. The lowest BCUT2D eigenvalue weighted by molar-refractivity contribution is -0.116. The van der Waals surface area contributed by atoms with Gasteiger partial charge >= 0.3 is 0 Å². The number of sulfonamides is 1. The van der Waals surface area contributed by atoms with Crippen LogP contribution in [0.25, 0.3) is 10.6 Å². The number of rotatable bonds is 9. The molecule has 1 N–H and O–H groups in total. The van der Waals surface area contributed by atoms with Crippen molar-refractivity contribution in [3.8, 4) is 16.3 Å². The summed E-state index contributed by atoms with van der Waals surface area (Å²) in [5.41, 5.74) is 1.24. The highest BCUT2D eigenvalue weighted by molar-refractivity contribution is 7.92. The van der Waals surface area contributed by atoms with Crippen molar-refractivity contribution in [2.45, 2.75) is 12.8 Å². The lowest BCUT2D eigenvalue weighted by atomic mass is 10.2. The van der Waals surface area contributed by atoms with Crippen molar-refractivity contribution in [3.05, 3.63) is 52.5 Å². The van der Waals surface area contributed by atoms with Gasteiger partial charge in [-0.3, -0.25) is 9.10 Å². The SMILES string of the molecule is COc1ccc(-c2nnc(NC(=O)CCCN(c3ccc(Cl)c(Cl)c3)S(C)(=O)=O)s2)cc1. The molecule has 0 saturated heterocycles. The quantitative estimate of drug-likeness (QED) is 0.443. The van der Waals surface area contributed by atoms with Gasteiger partial charge in [0.25, 0.3) is 0 Å². The predicted octanol–water partition coefficient (Wildman–Crippen LogP) is 4.71. The van der Waals surface area contributed by atoms with E-state index in [-0.39, 0.29) is 23.9 Å². The Bertz CT molecular complexity index is 1200. The summed E-state index contributed by atoms with van der Waals surface area (Å²) >= 11 is 13.2. The van der Waals surface area contributed by atoms with Crippen LogP contribution < -0.4 is 14.4 Å². The number of aromatic nitrogens is 2. The Morgan fingerprint density at radius 3 is 2.47 bits per heavy atom. The van der Waals surface area contributed by atoms with Crippen molar-refractivity contribution in [3.63, 3.8) is 0 Å². The van der Waals surface area contributed by atoms with Gasteiger partial charge in [0, 0.05) is 18.5 Å². The van der Waals surface area contributed by atoms with Crippen molar-refractivity contribution >= 4 is 61.3 Å². The van der Waals surface area contributed by atoms with Crippen LogP contribution in [0.15, 0.2) is 42.5 Å². The van der Waals surface area contributed by atoms with Crippen molar-refractivity contribution in [1.82, 2.24) is 10.2 Å². The van der Waals surface area contributed by atoms with E-state index in [1.807, 2.05) is 24.3 Å². The minimum absolute atomic E-state index is 0.102. The first-order chi connectivity index (χ1) is 15.2. The third-order valence-electron chi connectivity index (χ3n) is 4.36. The second-order valence-electron chi connectivity index (χ2n) is 6.73. The highest BCUT2D eigenvalue weighted by Gasteiger charge is 2.19. The third-order valence-corrected chi connectivity index (χ3v) is 7.19. The third kappa shape index (κ3) is 6.32. The molecule has 0 bridgehead atoms. The molecule has 3 aromatic rings. The highest BCUT2D eigenvalue weighted by Crippen LogP contribution is 2.29. The number of nitrogens with zero attached hydrogens (tertiary/aromatic N) is 3. The number of methoxy groups -OCH3 is 1. The summed E-state index contributed by atoms with van der Waals surface area (Å²) < 4.78 is 30.7. The number of amides is 1. The smallest absolute Gasteiger partial charge is 0.232 e. The van der Waals surface area contributed by atoms with Gasteiger partial charge in [0.1, 0.15) is 10.8 Å². The maximum atomic E-state index is 12.3. The fourth-order valence-corrected chi connectivity index (χ4v) is 4.83. The largest absolute Gasteiger partial charge is 0.497 e. The number of anilines is 2. The van der Waals surface area contributed by atoms with Crippen LogP contribution in [0.5, 0.6) is 5.75 Å². The van der Waals surface area contributed by atoms with Gasteiger partial charge in [0.2, 0.25) is 21.1 Å². The predicted molar refractivity (Wildman–Crippen MR) is 128 cm³/mol. The molecule has 0 aliphatic rings. The standard InChI is InChI=1S/C20H20Cl2N4O4S2/c1-30-15-8-5-13(6-9-15)19-24-25-20(31-19)23-18(27)4-3-11-26(32(2,28)29)14-7-10-16(21)17(22)12-14/h5-10,12H,3-4,11H2,1-2H3,(H,23,25,27). The minimum atomic E-state index is -3.57. The number of carbonyl (C=O) groups excluding carboxylic acids is 1. The summed E-state index contributed by atoms with van der Waals surface area (Å²) in [6.07, 6.45) is 1.49. The molecule has 1 amide bonds. The molecule has 12 heteroatoms. The average Bonchev–Trinajstić information content (AvgIpc) is 3.21. The zero-order valence-electron chi connectivity index (χ0n) is 17.2. The molecule has 1 heterocycles. The van der Waals surface area contributed by atoms with E-state index in [2.05, 4.69) is 15.5 Å². The molecule has 0 aliphatic heterocycles. The van der Waals surface area contributed by atoms with Crippen molar-refractivity contribution < 1.29 is 17.9 Å². The Balaban J connectivity index is 1.58. The Morgan fingerprint density at radius 2 is 1.84 bits per heavy atom. The first-order valence-electron chi connectivity index (χ1n) is 9.38. The molecule has 8 nitrogen and oxygen atoms in total. The molecule has 0 fully saturated rings. The highest BCUT2D eigenvalue weighted by atomic mass is 35.5. The van der Waals surface area contributed by atoms with Crippen LogP contribution in [0.2, 0.25) is 10.0 Å². The van der Waals surface area contributed by atoms with E-state index in [4.69, 9.17) is 27.9 Å². The Labute approximate surface area is 200 Å². The Kier molecular flexibility index (Phi) is 7.94. The van der Waals surface area contributed by atoms with Gasteiger partial charge in [0.05, 0.1) is 29.1 Å². The lowest BCUT2D eigenvalue weighted by Crippen LogP contribution is -2.31. The molecule has 0 unspecified atom stereocenters. The summed E-state index contributed by atoms with van der Waals surface area (Å²) in [6.45, 7) is 0.109. The molecule has 32 heavy (non-hydrogen) atoms. The van der Waals surface area contributed by atoms with Gasteiger partial charge in [-0.15, -0.1) is 10.2 Å². The fourth-order valence-electron chi connectivity index (χ4n) is 2.82. The van der Waals surface area contributed by atoms with E-state index in [1.54, 1.807) is 13.2 Å². The van der Waals surface area contributed by atoms with E-state index < -0.39 is 10.0 Å². The van der Waals surface area contributed by atoms with Gasteiger partial charge in [-0.05, 0) is 48.9 Å². The molecule has 0 atom stereocenters. The zero-order chi connectivity index (χ0) is 23.3. The molecule has 0 radical (unpaired) electrons. The van der Waals surface area contributed by atoms with Gasteiger partial charge < -0.3 is 10.1 Å². The molecular formula is C20H20Cl2N4O4S2. The summed E-state index contributed by atoms with van der Waals surface area (Å²) in [4.78, 5) is 12.3. The first kappa shape index (κ1) is 24.2. The van der Waals surface area contributed by atoms with Crippen LogP contribution in [0.4, 0.5) is 10.8 Å². The zero-order valence-corrected chi connectivity index (χ0v) is 20.4. The van der Waals surface area contributed by atoms with E-state index >= 15 is 0 Å². The van der Waals surface area contributed by atoms with Crippen molar-refractivity contribution in [2.24, 2.45) is 0 Å². The molecule has 0 spiro atoms. The van der Waals surface area contributed by atoms with E-state index in [0.29, 0.717) is 27.3 Å². The summed E-state index contributed by atoms with van der Waals surface area (Å²) in [6, 6.07) is 11.9. The number of benzene rings is 2. The summed E-state index contributed by atoms with van der Waals surface area (Å²) in [7, 11) is -1.98. The second kappa shape index (κ2) is 10.5. The number of carbonyl (C=O) groups is 1. The molecule has 170 valence electrons. The van der Waals surface area contributed by atoms with Crippen LogP contribution in [-0.2, 0) is 14.8 Å². The van der Waals surface area contributed by atoms with Crippen molar-refractivity contribution in [2.75, 3.05) is 29.5 Å². The average molecular weight is 515 g/mol. The van der Waals surface area contributed by atoms with Crippen LogP contribution in [-0.4, -0.2) is 44.4 Å². The van der Waals surface area contributed by atoms with Gasteiger partial charge in [0.15, 0.2) is 0 Å². The maximum absolute atomic E-state index is 12.3. The topological polar surface area (TPSA) is 101 Å². The monoisotopic (exact) mass is 514 g/mol. The van der Waals surface area contributed by atoms with Gasteiger partial charge in [-0.25, -0.2) is 8.42 Å². The second-order valence-corrected chi connectivity index (χ2v) is 10.4. The van der Waals surface area contributed by atoms with Crippen LogP contribution >= 0.6 is 34.5 Å². The molecular weight excluding hydrogens is 495 g/mol.